The number of nitrogens with zero attached hydrogens (tertiary/aromatic N) is 5. The van der Waals surface area contributed by atoms with E-state index in [1.54, 1.807) is 52.8 Å². The highest BCUT2D eigenvalue weighted by atomic mass is 35.5. The van der Waals surface area contributed by atoms with E-state index in [0.29, 0.717) is 65.6 Å². The number of hydrogen-bond donors (Lipinski definition) is 0. The third kappa shape index (κ3) is 6.54. The summed E-state index contributed by atoms with van der Waals surface area (Å²) >= 11 is 7.76. The Morgan fingerprint density at radius 3 is 2.17 bits per heavy atom. The molecule has 11 nitrogen and oxygen atoms in total. The van der Waals surface area contributed by atoms with Crippen molar-refractivity contribution in [1.82, 2.24) is 19.6 Å². The predicted molar refractivity (Wildman–Crippen MR) is 186 cm³/mol. The number of aromatic nitrogens is 2. The molecule has 0 unspecified atom stereocenters. The van der Waals surface area contributed by atoms with Gasteiger partial charge in [-0.3, -0.25) is 19.3 Å². The molecule has 3 aromatic carbocycles. The summed E-state index contributed by atoms with van der Waals surface area (Å²) in [5, 5.41) is 5.35. The minimum atomic E-state index is -0.374. The number of carbonyl (C=O) groups excluding carboxylic acids is 3. The maximum absolute atomic E-state index is 14.2. The van der Waals surface area contributed by atoms with E-state index in [1.165, 1.54) is 18.7 Å². The Morgan fingerprint density at radius 1 is 0.875 bits per heavy atom. The monoisotopic (exact) mass is 689 g/mol. The van der Waals surface area contributed by atoms with Crippen molar-refractivity contribution in [3.05, 3.63) is 82.9 Å². The van der Waals surface area contributed by atoms with Crippen LogP contribution < -0.4 is 19.1 Å². The van der Waals surface area contributed by atoms with E-state index in [0.717, 1.165) is 16.7 Å². The topological polar surface area (TPSA) is 106 Å². The summed E-state index contributed by atoms with van der Waals surface area (Å²) in [6, 6.07) is 20.5. The number of ether oxygens (including phenoxy) is 3. The van der Waals surface area contributed by atoms with Crippen LogP contribution in [0.5, 0.6) is 17.2 Å². The third-order valence-electron chi connectivity index (χ3n) is 8.61. The zero-order valence-corrected chi connectivity index (χ0v) is 28.7. The molecule has 0 aliphatic carbocycles. The number of hydrogen-bond acceptors (Lipinski definition) is 8. The van der Waals surface area contributed by atoms with Gasteiger partial charge in [-0.25, -0.2) is 4.68 Å². The molecule has 1 fully saturated rings. The molecule has 48 heavy (non-hydrogen) atoms. The molecule has 0 N–H and O–H groups in total. The highest BCUT2D eigenvalue weighted by Crippen LogP contribution is 2.49. The van der Waals surface area contributed by atoms with E-state index in [1.807, 2.05) is 54.6 Å². The fourth-order valence-electron chi connectivity index (χ4n) is 6.03. The number of thioether (sulfide) groups is 1. The number of rotatable bonds is 8. The quantitative estimate of drug-likeness (QED) is 0.252. The van der Waals surface area contributed by atoms with Crippen LogP contribution in [0.4, 0.5) is 5.82 Å². The average molecular weight is 690 g/mol. The molecule has 6 rings (SSSR count). The van der Waals surface area contributed by atoms with E-state index >= 15 is 0 Å². The molecule has 4 aromatic rings. The number of carbonyl (C=O) groups is 3. The Morgan fingerprint density at radius 2 is 1.54 bits per heavy atom. The summed E-state index contributed by atoms with van der Waals surface area (Å²) in [7, 11) is 4.77. The molecule has 0 saturated carbocycles. The Hall–Kier alpha value is -4.68. The largest absolute Gasteiger partial charge is 0.497 e. The number of piperazine rings is 1. The second-order valence-corrected chi connectivity index (χ2v) is 12.9. The van der Waals surface area contributed by atoms with Gasteiger partial charge in [0.1, 0.15) is 18.1 Å². The van der Waals surface area contributed by atoms with Gasteiger partial charge in [-0.2, -0.15) is 5.10 Å². The summed E-state index contributed by atoms with van der Waals surface area (Å²) in [4.78, 5) is 45.0. The first kappa shape index (κ1) is 33.2. The lowest BCUT2D eigenvalue weighted by atomic mass is 9.99. The summed E-state index contributed by atoms with van der Waals surface area (Å²) in [6.07, 6.45) is 0. The minimum absolute atomic E-state index is 0.0224. The van der Waals surface area contributed by atoms with E-state index in [4.69, 9.17) is 30.9 Å². The molecule has 1 aromatic heterocycles. The predicted octanol–water partition coefficient (Wildman–Crippen LogP) is 5.08. The van der Waals surface area contributed by atoms with Crippen molar-refractivity contribution in [1.29, 1.82) is 0 Å². The van der Waals surface area contributed by atoms with E-state index in [2.05, 4.69) is 0 Å². The fourth-order valence-corrected chi connectivity index (χ4v) is 7.34. The molecule has 250 valence electrons. The first-order chi connectivity index (χ1) is 23.2. The number of methoxy groups -OCH3 is 3. The number of anilines is 1. The van der Waals surface area contributed by atoms with Gasteiger partial charge in [-0.1, -0.05) is 29.8 Å². The van der Waals surface area contributed by atoms with Crippen molar-refractivity contribution >= 4 is 46.9 Å². The summed E-state index contributed by atoms with van der Waals surface area (Å²) < 4.78 is 18.3. The molecular weight excluding hydrogens is 654 g/mol. The summed E-state index contributed by atoms with van der Waals surface area (Å²) in [6.45, 7) is 3.02. The molecule has 13 heteroatoms. The van der Waals surface area contributed by atoms with Gasteiger partial charge in [0.25, 0.3) is 0 Å². The second-order valence-electron chi connectivity index (χ2n) is 11.4. The van der Waals surface area contributed by atoms with Gasteiger partial charge in [0.15, 0.2) is 11.5 Å². The SMILES string of the molecule is COc1ccc(-n2nc(-c3ccc(Cl)cc3)c3c2N(CC(=O)N2CCN(C(C)=O)CC2)C(=O)CS[C@H]3c2ccc(OC)c(OC)c2)cc1. The van der Waals surface area contributed by atoms with Crippen molar-refractivity contribution in [2.45, 2.75) is 12.2 Å². The Balaban J connectivity index is 1.54. The van der Waals surface area contributed by atoms with Crippen LogP contribution >= 0.6 is 23.4 Å². The summed E-state index contributed by atoms with van der Waals surface area (Å²) in [5.74, 6) is 1.96. The van der Waals surface area contributed by atoms with Crippen molar-refractivity contribution in [2.75, 3.05) is 64.7 Å². The minimum Gasteiger partial charge on any atom is -0.497 e. The molecular formula is C35H36ClN5O6S. The molecule has 0 bridgehead atoms. The van der Waals surface area contributed by atoms with Crippen molar-refractivity contribution in [2.24, 2.45) is 0 Å². The van der Waals surface area contributed by atoms with Gasteiger partial charge in [0, 0.05) is 49.3 Å². The van der Waals surface area contributed by atoms with Crippen LogP contribution in [0, 0.1) is 0 Å². The molecule has 2 aliphatic rings. The van der Waals surface area contributed by atoms with Crippen molar-refractivity contribution in [3.63, 3.8) is 0 Å². The highest BCUT2D eigenvalue weighted by molar-refractivity contribution is 8.00. The van der Waals surface area contributed by atoms with Crippen molar-refractivity contribution < 1.29 is 28.6 Å². The lowest BCUT2D eigenvalue weighted by molar-refractivity contribution is -0.137. The third-order valence-corrected chi connectivity index (χ3v) is 10.1. The van der Waals surface area contributed by atoms with Gasteiger partial charge in [0.05, 0.1) is 43.7 Å². The molecule has 3 heterocycles. The van der Waals surface area contributed by atoms with Crippen LogP contribution in [-0.2, 0) is 14.4 Å². The Labute approximate surface area is 288 Å². The van der Waals surface area contributed by atoms with Crippen LogP contribution in [0.15, 0.2) is 66.7 Å². The van der Waals surface area contributed by atoms with E-state index in [-0.39, 0.29) is 35.3 Å². The highest BCUT2D eigenvalue weighted by Gasteiger charge is 2.39. The number of benzene rings is 3. The van der Waals surface area contributed by atoms with Gasteiger partial charge in [-0.05, 0) is 54.1 Å². The second kappa shape index (κ2) is 14.2. The van der Waals surface area contributed by atoms with Gasteiger partial charge >= 0.3 is 0 Å². The van der Waals surface area contributed by atoms with Crippen LogP contribution in [0.25, 0.3) is 16.9 Å². The van der Waals surface area contributed by atoms with Gasteiger partial charge < -0.3 is 24.0 Å². The Kier molecular flexibility index (Phi) is 9.83. The van der Waals surface area contributed by atoms with E-state index < -0.39 is 0 Å². The smallest absolute Gasteiger partial charge is 0.242 e. The summed E-state index contributed by atoms with van der Waals surface area (Å²) in [5.41, 5.74) is 3.78. The molecule has 1 saturated heterocycles. The maximum atomic E-state index is 14.2. The number of amides is 3. The van der Waals surface area contributed by atoms with Crippen LogP contribution in [0.2, 0.25) is 5.02 Å². The Bertz CT molecular complexity index is 1820. The van der Waals surface area contributed by atoms with Gasteiger partial charge in [0.2, 0.25) is 17.7 Å². The van der Waals surface area contributed by atoms with E-state index in [9.17, 15) is 14.4 Å². The molecule has 0 radical (unpaired) electrons. The van der Waals surface area contributed by atoms with Crippen LogP contribution in [0.1, 0.15) is 23.3 Å². The van der Waals surface area contributed by atoms with Crippen molar-refractivity contribution in [3.8, 4) is 34.2 Å². The standard InChI is InChI=1S/C35H36ClN5O6S/c1-22(42)38-15-17-39(18-16-38)30(43)20-40-31(44)21-48-34(24-7-14-28(46-3)29(19-24)47-4)32-33(23-5-8-25(36)9-6-23)37-41(35(32)40)26-10-12-27(45-2)13-11-26/h5-14,19,34H,15-18,20-21H2,1-4H3/t34-/m0/s1. The first-order valence-corrected chi connectivity index (χ1v) is 16.9. The lowest BCUT2D eigenvalue weighted by Crippen LogP contribution is -2.53. The number of fused-ring (bicyclic) bond motifs is 1. The molecule has 2 aliphatic heterocycles. The fraction of sp³-hybridized carbons (Fsp3) is 0.314. The maximum Gasteiger partial charge on any atom is 0.242 e. The van der Waals surface area contributed by atoms with Gasteiger partial charge in [-0.15, -0.1) is 11.8 Å². The molecule has 1 atom stereocenters. The molecule has 3 amide bonds. The zero-order valence-electron chi connectivity index (χ0n) is 27.1. The first-order valence-electron chi connectivity index (χ1n) is 15.4. The normalized spacial score (nSPS) is 16.3. The van der Waals surface area contributed by atoms with Crippen LogP contribution in [-0.4, -0.2) is 97.1 Å². The van der Waals surface area contributed by atoms with Crippen LogP contribution in [0.3, 0.4) is 0 Å². The lowest BCUT2D eigenvalue weighted by Gasteiger charge is -2.35. The number of halogens is 1. The molecule has 0 spiro atoms. The average Bonchev–Trinajstić information content (AvgIpc) is 3.44. The zero-order chi connectivity index (χ0) is 33.9.